The van der Waals surface area contributed by atoms with Crippen molar-refractivity contribution in [2.24, 2.45) is 0 Å². The summed E-state index contributed by atoms with van der Waals surface area (Å²) < 4.78 is 0. The van der Waals surface area contributed by atoms with Crippen LogP contribution < -0.4 is 0 Å². The maximum absolute atomic E-state index is 12.3. The van der Waals surface area contributed by atoms with Crippen LogP contribution in [0.5, 0.6) is 0 Å². The van der Waals surface area contributed by atoms with Crippen molar-refractivity contribution < 1.29 is 19.2 Å². The van der Waals surface area contributed by atoms with Crippen LogP contribution in [0, 0.1) is 0 Å². The van der Waals surface area contributed by atoms with Crippen LogP contribution in [0.1, 0.15) is 69.1 Å². The Kier molecular flexibility index (Phi) is 5.25. The summed E-state index contributed by atoms with van der Waals surface area (Å²) in [5.41, 5.74) is 2.39. The van der Waals surface area contributed by atoms with Crippen molar-refractivity contribution in [1.82, 2.24) is 0 Å². The third-order valence-corrected chi connectivity index (χ3v) is 7.61. The fourth-order valence-electron chi connectivity index (χ4n) is 5.65. The highest BCUT2D eigenvalue weighted by Gasteiger charge is 2.19. The van der Waals surface area contributed by atoms with Crippen LogP contribution >= 0.6 is 0 Å². The topological polar surface area (TPSA) is 68.3 Å². The van der Waals surface area contributed by atoms with E-state index < -0.39 is 0 Å². The molecule has 0 atom stereocenters. The Morgan fingerprint density at radius 2 is 0.553 bits per heavy atom. The smallest absolute Gasteiger partial charge is 0.159 e. The lowest BCUT2D eigenvalue weighted by atomic mass is 9.85. The average Bonchev–Trinajstić information content (AvgIpc) is 2.91. The first-order chi connectivity index (χ1) is 18.2. The molecule has 0 fully saturated rings. The van der Waals surface area contributed by atoms with Gasteiger partial charge in [-0.1, -0.05) is 48.5 Å². The number of ketones is 4. The van der Waals surface area contributed by atoms with Gasteiger partial charge < -0.3 is 0 Å². The summed E-state index contributed by atoms with van der Waals surface area (Å²) in [6.07, 6.45) is 0. The van der Waals surface area contributed by atoms with Crippen LogP contribution in [-0.4, -0.2) is 23.1 Å². The second-order valence-electron chi connectivity index (χ2n) is 10.0. The molecule has 0 unspecified atom stereocenters. The molecule has 0 spiro atoms. The van der Waals surface area contributed by atoms with E-state index in [9.17, 15) is 19.2 Å². The van der Waals surface area contributed by atoms with E-state index >= 15 is 0 Å². The van der Waals surface area contributed by atoms with Gasteiger partial charge in [0.15, 0.2) is 23.1 Å². The number of Topliss-reactive ketones (excluding diaryl/α,β-unsaturated/α-hetero) is 4. The number of hydrogen-bond acceptors (Lipinski definition) is 4. The van der Waals surface area contributed by atoms with Gasteiger partial charge in [-0.15, -0.1) is 0 Å². The number of carbonyl (C=O) groups excluding carboxylic acids is 4. The summed E-state index contributed by atoms with van der Waals surface area (Å²) in [4.78, 5) is 49.3. The molecule has 0 saturated heterocycles. The number of hydrogen-bond donors (Lipinski definition) is 0. The molecule has 184 valence electrons. The Hall–Kier alpha value is -4.70. The van der Waals surface area contributed by atoms with E-state index in [2.05, 4.69) is 0 Å². The highest BCUT2D eigenvalue weighted by molar-refractivity contribution is 6.40. The molecule has 0 saturated carbocycles. The summed E-state index contributed by atoms with van der Waals surface area (Å²) >= 11 is 0. The van der Waals surface area contributed by atoms with Crippen molar-refractivity contribution in [3.8, 4) is 0 Å². The maximum Gasteiger partial charge on any atom is 0.159 e. The Balaban J connectivity index is 1.97. The minimum atomic E-state index is -0.0332. The van der Waals surface area contributed by atoms with E-state index in [1.807, 2.05) is 72.8 Å². The van der Waals surface area contributed by atoms with Crippen LogP contribution in [0.3, 0.4) is 0 Å². The van der Waals surface area contributed by atoms with Gasteiger partial charge in [0.25, 0.3) is 0 Å². The SMILES string of the molecule is CC(=O)c1ccc2c(c1)c1cc(C(C)=O)ccc1c1c3ccc(C(C)=O)cc3c3cc(C(C)=O)ccc3c21. The Morgan fingerprint density at radius 1 is 0.342 bits per heavy atom. The molecular formula is C34H24O4. The molecule has 4 nitrogen and oxygen atoms in total. The number of rotatable bonds is 4. The fourth-order valence-corrected chi connectivity index (χ4v) is 5.65. The van der Waals surface area contributed by atoms with Crippen LogP contribution in [0.25, 0.3) is 53.9 Å². The normalized spacial score (nSPS) is 11.6. The first kappa shape index (κ1) is 23.7. The first-order valence-corrected chi connectivity index (χ1v) is 12.5. The van der Waals surface area contributed by atoms with E-state index in [1.54, 1.807) is 27.7 Å². The molecule has 0 radical (unpaired) electrons. The second kappa shape index (κ2) is 8.42. The summed E-state index contributed by atoms with van der Waals surface area (Å²) in [7, 11) is 0. The predicted molar refractivity (Wildman–Crippen MR) is 154 cm³/mol. The molecule has 6 rings (SSSR count). The summed E-state index contributed by atoms with van der Waals surface area (Å²) in [5.74, 6) is -0.133. The Labute approximate surface area is 218 Å². The molecule has 0 aliphatic carbocycles. The largest absolute Gasteiger partial charge is 0.295 e. The van der Waals surface area contributed by atoms with Gasteiger partial charge in [-0.05, 0) is 106 Å². The van der Waals surface area contributed by atoms with Gasteiger partial charge in [0.1, 0.15) is 0 Å². The lowest BCUT2D eigenvalue weighted by Crippen LogP contribution is -1.97. The average molecular weight is 497 g/mol. The molecule has 0 amide bonds. The van der Waals surface area contributed by atoms with E-state index in [0.717, 1.165) is 53.9 Å². The minimum absolute atomic E-state index is 0.0332. The van der Waals surface area contributed by atoms with E-state index in [4.69, 9.17) is 0 Å². The zero-order valence-corrected chi connectivity index (χ0v) is 21.6. The lowest BCUT2D eigenvalue weighted by molar-refractivity contribution is 0.100. The molecule has 6 aromatic rings. The third-order valence-electron chi connectivity index (χ3n) is 7.61. The van der Waals surface area contributed by atoms with Gasteiger partial charge in [0.05, 0.1) is 0 Å². The number of benzene rings is 6. The molecule has 0 N–H and O–H groups in total. The standard InChI is InChI=1S/C34H24O4/c1-17(35)21-5-9-25-29(13-21)30-14-22(18(2)36)6-10-26(30)34-28-12-8-24(20(4)38)16-32(28)31-15-23(19(3)37)7-11-27(31)33(25)34/h5-16H,1-4H3. The van der Waals surface area contributed by atoms with Gasteiger partial charge in [0.2, 0.25) is 0 Å². The van der Waals surface area contributed by atoms with Crippen LogP contribution in [0.15, 0.2) is 72.8 Å². The fraction of sp³-hybridized carbons (Fsp3) is 0.118. The monoisotopic (exact) mass is 496 g/mol. The molecule has 0 heterocycles. The Morgan fingerprint density at radius 3 is 0.737 bits per heavy atom. The quantitative estimate of drug-likeness (QED) is 0.182. The molecule has 0 aliphatic rings. The molecule has 0 aliphatic heterocycles. The molecule has 6 aromatic carbocycles. The van der Waals surface area contributed by atoms with Crippen LogP contribution in [0.2, 0.25) is 0 Å². The van der Waals surface area contributed by atoms with Crippen molar-refractivity contribution in [2.45, 2.75) is 27.7 Å². The van der Waals surface area contributed by atoms with Gasteiger partial charge in [-0.3, -0.25) is 19.2 Å². The third kappa shape index (κ3) is 3.45. The van der Waals surface area contributed by atoms with Crippen molar-refractivity contribution in [2.75, 3.05) is 0 Å². The van der Waals surface area contributed by atoms with Gasteiger partial charge >= 0.3 is 0 Å². The first-order valence-electron chi connectivity index (χ1n) is 12.5. The van der Waals surface area contributed by atoms with Crippen molar-refractivity contribution in [3.05, 3.63) is 95.1 Å². The van der Waals surface area contributed by atoms with Crippen LogP contribution in [-0.2, 0) is 0 Å². The number of fused-ring (bicyclic) bond motifs is 11. The zero-order chi connectivity index (χ0) is 26.9. The van der Waals surface area contributed by atoms with E-state index in [-0.39, 0.29) is 23.1 Å². The van der Waals surface area contributed by atoms with Crippen molar-refractivity contribution in [3.63, 3.8) is 0 Å². The van der Waals surface area contributed by atoms with E-state index in [1.165, 1.54) is 0 Å². The predicted octanol–water partition coefficient (Wildman–Crippen LogP) is 8.26. The van der Waals surface area contributed by atoms with Crippen molar-refractivity contribution >= 4 is 77.0 Å². The summed E-state index contributed by atoms with van der Waals surface area (Å²) in [6, 6.07) is 22.9. The van der Waals surface area contributed by atoms with Gasteiger partial charge in [0, 0.05) is 22.3 Å². The van der Waals surface area contributed by atoms with Crippen molar-refractivity contribution in [1.29, 1.82) is 0 Å². The van der Waals surface area contributed by atoms with Gasteiger partial charge in [-0.25, -0.2) is 0 Å². The van der Waals surface area contributed by atoms with Crippen LogP contribution in [0.4, 0.5) is 0 Å². The maximum atomic E-state index is 12.3. The Bertz CT molecular complexity index is 1780. The van der Waals surface area contributed by atoms with E-state index in [0.29, 0.717) is 22.3 Å². The molecular weight excluding hydrogens is 472 g/mol. The molecule has 38 heavy (non-hydrogen) atoms. The molecule has 0 aromatic heterocycles. The molecule has 0 bridgehead atoms. The highest BCUT2D eigenvalue weighted by Crippen LogP contribution is 2.44. The second-order valence-corrected chi connectivity index (χ2v) is 10.0. The summed E-state index contributed by atoms with van der Waals surface area (Å²) in [6.45, 7) is 6.18. The van der Waals surface area contributed by atoms with Gasteiger partial charge in [-0.2, -0.15) is 0 Å². The summed E-state index contributed by atoms with van der Waals surface area (Å²) in [5, 5.41) is 9.39. The highest BCUT2D eigenvalue weighted by atomic mass is 16.1. The number of carbonyl (C=O) groups is 4. The zero-order valence-electron chi connectivity index (χ0n) is 21.6. The lowest BCUT2D eigenvalue weighted by Gasteiger charge is -2.18. The minimum Gasteiger partial charge on any atom is -0.295 e. The molecule has 4 heteroatoms.